The highest BCUT2D eigenvalue weighted by molar-refractivity contribution is 5.09. The first-order valence-corrected chi connectivity index (χ1v) is 5.35. The lowest BCUT2D eigenvalue weighted by Crippen LogP contribution is -2.48. The highest BCUT2D eigenvalue weighted by Gasteiger charge is 2.54. The van der Waals surface area contributed by atoms with Crippen molar-refractivity contribution in [2.75, 3.05) is 13.1 Å². The van der Waals surface area contributed by atoms with Crippen molar-refractivity contribution in [1.82, 2.24) is 4.90 Å². The third-order valence-corrected chi connectivity index (χ3v) is 4.00. The van der Waals surface area contributed by atoms with Crippen LogP contribution >= 0.6 is 0 Å². The summed E-state index contributed by atoms with van der Waals surface area (Å²) in [4.78, 5) is 2.39. The van der Waals surface area contributed by atoms with Crippen molar-refractivity contribution in [1.29, 1.82) is 0 Å². The summed E-state index contributed by atoms with van der Waals surface area (Å²) in [7, 11) is 0. The summed E-state index contributed by atoms with van der Waals surface area (Å²) >= 11 is 0. The van der Waals surface area contributed by atoms with E-state index in [1.165, 1.54) is 12.8 Å². The number of halogens is 1. The van der Waals surface area contributed by atoms with Crippen LogP contribution in [0.15, 0.2) is 0 Å². The standard InChI is InChI=1S/C11H20FN/c1-10(2,3)11-5-4-6-13(11)8-9(12)7-11/h9H,4-8H2,1-3H3. The molecular formula is C11H20FN. The predicted molar refractivity (Wildman–Crippen MR) is 52.5 cm³/mol. The van der Waals surface area contributed by atoms with Crippen LogP contribution in [0.1, 0.15) is 40.0 Å². The Morgan fingerprint density at radius 2 is 2.08 bits per heavy atom. The molecule has 0 N–H and O–H groups in total. The molecule has 2 atom stereocenters. The Balaban J connectivity index is 2.28. The fraction of sp³-hybridized carbons (Fsp3) is 1.00. The second-order valence-electron chi connectivity index (χ2n) is 5.63. The molecule has 0 bridgehead atoms. The molecule has 76 valence electrons. The zero-order valence-corrected chi connectivity index (χ0v) is 8.94. The van der Waals surface area contributed by atoms with E-state index in [2.05, 4.69) is 25.7 Å². The van der Waals surface area contributed by atoms with Gasteiger partial charge < -0.3 is 0 Å². The van der Waals surface area contributed by atoms with Crippen LogP contribution in [0.3, 0.4) is 0 Å². The molecule has 2 saturated heterocycles. The van der Waals surface area contributed by atoms with Crippen LogP contribution in [0.25, 0.3) is 0 Å². The lowest BCUT2D eigenvalue weighted by molar-refractivity contribution is 0.0637. The fourth-order valence-electron chi connectivity index (χ4n) is 3.26. The summed E-state index contributed by atoms with van der Waals surface area (Å²) in [6.45, 7) is 8.55. The van der Waals surface area contributed by atoms with Crippen molar-refractivity contribution < 1.29 is 4.39 Å². The molecule has 13 heavy (non-hydrogen) atoms. The average molecular weight is 185 g/mol. The molecule has 2 unspecified atom stereocenters. The molecule has 0 radical (unpaired) electrons. The molecule has 0 aliphatic carbocycles. The van der Waals surface area contributed by atoms with Crippen LogP contribution in [0.2, 0.25) is 0 Å². The monoisotopic (exact) mass is 185 g/mol. The zero-order chi connectivity index (χ0) is 9.69. The molecule has 2 heteroatoms. The molecule has 2 aliphatic heterocycles. The summed E-state index contributed by atoms with van der Waals surface area (Å²) in [5.74, 6) is 0. The molecule has 2 rings (SSSR count). The van der Waals surface area contributed by atoms with E-state index in [0.717, 1.165) is 13.0 Å². The maximum Gasteiger partial charge on any atom is 0.115 e. The Hall–Kier alpha value is -0.110. The first-order chi connectivity index (χ1) is 5.96. The predicted octanol–water partition coefficient (Wildman–Crippen LogP) is 2.61. The minimum Gasteiger partial charge on any atom is -0.294 e. The van der Waals surface area contributed by atoms with Crippen molar-refractivity contribution in [3.8, 4) is 0 Å². The SMILES string of the molecule is CC(C)(C)C12CCCN1CC(F)C2. The van der Waals surface area contributed by atoms with Crippen molar-refractivity contribution in [3.63, 3.8) is 0 Å². The van der Waals surface area contributed by atoms with Crippen LogP contribution < -0.4 is 0 Å². The number of alkyl halides is 1. The topological polar surface area (TPSA) is 3.24 Å². The first-order valence-electron chi connectivity index (χ1n) is 5.35. The van der Waals surface area contributed by atoms with Gasteiger partial charge in [-0.05, 0) is 31.2 Å². The molecule has 2 heterocycles. The molecular weight excluding hydrogens is 165 g/mol. The number of hydrogen-bond donors (Lipinski definition) is 0. The van der Waals surface area contributed by atoms with Gasteiger partial charge in [0.25, 0.3) is 0 Å². The van der Waals surface area contributed by atoms with Crippen molar-refractivity contribution in [2.45, 2.75) is 51.7 Å². The van der Waals surface area contributed by atoms with E-state index in [0.29, 0.717) is 6.54 Å². The summed E-state index contributed by atoms with van der Waals surface area (Å²) in [5.41, 5.74) is 0.400. The van der Waals surface area contributed by atoms with Crippen LogP contribution in [0.5, 0.6) is 0 Å². The summed E-state index contributed by atoms with van der Waals surface area (Å²) in [6.07, 6.45) is 2.62. The molecule has 0 aromatic carbocycles. The second kappa shape index (κ2) is 2.69. The van der Waals surface area contributed by atoms with E-state index in [1.54, 1.807) is 0 Å². The molecule has 2 aliphatic rings. The molecule has 0 aromatic rings. The lowest BCUT2D eigenvalue weighted by atomic mass is 9.71. The van der Waals surface area contributed by atoms with E-state index < -0.39 is 6.17 Å². The van der Waals surface area contributed by atoms with Gasteiger partial charge in [0.15, 0.2) is 0 Å². The summed E-state index contributed by atoms with van der Waals surface area (Å²) in [6, 6.07) is 0. The van der Waals surface area contributed by atoms with Crippen LogP contribution in [-0.4, -0.2) is 29.7 Å². The van der Waals surface area contributed by atoms with Gasteiger partial charge in [-0.15, -0.1) is 0 Å². The van der Waals surface area contributed by atoms with Gasteiger partial charge in [0.05, 0.1) is 0 Å². The Bertz CT molecular complexity index is 209. The van der Waals surface area contributed by atoms with Crippen LogP contribution in [-0.2, 0) is 0 Å². The van der Waals surface area contributed by atoms with E-state index in [4.69, 9.17) is 0 Å². The Morgan fingerprint density at radius 1 is 1.38 bits per heavy atom. The second-order valence-corrected chi connectivity index (χ2v) is 5.63. The van der Waals surface area contributed by atoms with Gasteiger partial charge in [-0.25, -0.2) is 4.39 Å². The van der Waals surface area contributed by atoms with Gasteiger partial charge in [-0.3, -0.25) is 4.90 Å². The minimum absolute atomic E-state index is 0.173. The van der Waals surface area contributed by atoms with Crippen LogP contribution in [0, 0.1) is 5.41 Å². The Morgan fingerprint density at radius 3 is 2.62 bits per heavy atom. The third-order valence-electron chi connectivity index (χ3n) is 4.00. The van der Waals surface area contributed by atoms with Gasteiger partial charge in [0, 0.05) is 12.1 Å². The fourth-order valence-corrected chi connectivity index (χ4v) is 3.26. The maximum absolute atomic E-state index is 13.4. The zero-order valence-electron chi connectivity index (χ0n) is 8.94. The molecule has 0 spiro atoms. The van der Waals surface area contributed by atoms with Gasteiger partial charge in [0.1, 0.15) is 6.17 Å². The largest absolute Gasteiger partial charge is 0.294 e. The normalized spacial score (nSPS) is 41.1. The Labute approximate surface area is 80.3 Å². The number of fused-ring (bicyclic) bond motifs is 1. The smallest absolute Gasteiger partial charge is 0.115 e. The van der Waals surface area contributed by atoms with E-state index in [1.807, 2.05) is 0 Å². The molecule has 0 aromatic heterocycles. The molecule has 0 saturated carbocycles. The highest BCUT2D eigenvalue weighted by atomic mass is 19.1. The Kier molecular flexibility index (Phi) is 1.96. The summed E-state index contributed by atoms with van der Waals surface area (Å²) < 4.78 is 13.4. The van der Waals surface area contributed by atoms with E-state index >= 15 is 0 Å². The lowest BCUT2D eigenvalue weighted by Gasteiger charge is -2.44. The van der Waals surface area contributed by atoms with Crippen molar-refractivity contribution in [3.05, 3.63) is 0 Å². The molecule has 0 amide bonds. The number of rotatable bonds is 0. The van der Waals surface area contributed by atoms with Crippen molar-refractivity contribution >= 4 is 0 Å². The van der Waals surface area contributed by atoms with E-state index in [9.17, 15) is 4.39 Å². The molecule has 1 nitrogen and oxygen atoms in total. The van der Waals surface area contributed by atoms with Gasteiger partial charge in [-0.1, -0.05) is 20.8 Å². The number of nitrogens with zero attached hydrogens (tertiary/aromatic N) is 1. The van der Waals surface area contributed by atoms with E-state index in [-0.39, 0.29) is 11.0 Å². The van der Waals surface area contributed by atoms with Crippen LogP contribution in [0.4, 0.5) is 4.39 Å². The molecule has 2 fully saturated rings. The average Bonchev–Trinajstić information content (AvgIpc) is 2.40. The first kappa shape index (κ1) is 9.45. The van der Waals surface area contributed by atoms with Gasteiger partial charge in [-0.2, -0.15) is 0 Å². The highest BCUT2D eigenvalue weighted by Crippen LogP contribution is 2.50. The van der Waals surface area contributed by atoms with Crippen molar-refractivity contribution in [2.24, 2.45) is 5.41 Å². The summed E-state index contributed by atoms with van der Waals surface area (Å²) in [5, 5.41) is 0. The van der Waals surface area contributed by atoms with Gasteiger partial charge >= 0.3 is 0 Å². The minimum atomic E-state index is -0.584. The number of hydrogen-bond acceptors (Lipinski definition) is 1. The van der Waals surface area contributed by atoms with Gasteiger partial charge in [0.2, 0.25) is 0 Å². The quantitative estimate of drug-likeness (QED) is 0.560. The third kappa shape index (κ3) is 1.22. The maximum atomic E-state index is 13.4.